The van der Waals surface area contributed by atoms with Crippen molar-refractivity contribution in [2.24, 2.45) is 0 Å². The number of hydrogen-bond donors (Lipinski definition) is 1. The second kappa shape index (κ2) is 5.63. The van der Waals surface area contributed by atoms with E-state index in [1.54, 1.807) is 19.1 Å². The van der Waals surface area contributed by atoms with E-state index in [1.807, 2.05) is 36.4 Å². The average Bonchev–Trinajstić information content (AvgIpc) is 2.63. The van der Waals surface area contributed by atoms with Gasteiger partial charge < -0.3 is 24.4 Å². The van der Waals surface area contributed by atoms with Gasteiger partial charge in [-0.25, -0.2) is 0 Å². The smallest absolute Gasteiger partial charge is 0.257 e. The zero-order valence-electron chi connectivity index (χ0n) is 13.5. The first-order chi connectivity index (χ1) is 11.7. The number of para-hydroxylation sites is 1. The van der Waals surface area contributed by atoms with Crippen LogP contribution in [-0.4, -0.2) is 38.2 Å². The predicted octanol–water partition coefficient (Wildman–Crippen LogP) is 2.66. The number of nitrogens with zero attached hydrogens (tertiary/aromatic N) is 1. The van der Waals surface area contributed by atoms with Gasteiger partial charge in [-0.2, -0.15) is 0 Å². The molecule has 2 aromatic rings. The number of rotatable bonds is 2. The van der Waals surface area contributed by atoms with Gasteiger partial charge in [-0.3, -0.25) is 4.79 Å². The Labute approximate surface area is 139 Å². The van der Waals surface area contributed by atoms with Crippen LogP contribution in [0.25, 0.3) is 0 Å². The third-order valence-electron chi connectivity index (χ3n) is 4.32. The molecule has 0 saturated heterocycles. The Balaban J connectivity index is 1.78. The summed E-state index contributed by atoms with van der Waals surface area (Å²) in [6.07, 6.45) is -0.308. The van der Waals surface area contributed by atoms with E-state index in [1.165, 1.54) is 0 Å². The Kier molecular flexibility index (Phi) is 3.45. The molecule has 124 valence electrons. The molecule has 0 radical (unpaired) electrons. The van der Waals surface area contributed by atoms with Crippen LogP contribution in [0.1, 0.15) is 22.1 Å². The summed E-state index contributed by atoms with van der Waals surface area (Å²) in [5, 5.41) is 3.40. The molecule has 2 heterocycles. The van der Waals surface area contributed by atoms with E-state index in [9.17, 15) is 4.79 Å². The molecule has 0 spiro atoms. The van der Waals surface area contributed by atoms with Gasteiger partial charge in [-0.05, 0) is 24.3 Å². The predicted molar refractivity (Wildman–Crippen MR) is 88.9 cm³/mol. The molecule has 6 nitrogen and oxygen atoms in total. The molecule has 0 fully saturated rings. The summed E-state index contributed by atoms with van der Waals surface area (Å²) in [4.78, 5) is 14.3. The third kappa shape index (κ3) is 2.22. The second-order valence-corrected chi connectivity index (χ2v) is 5.76. The van der Waals surface area contributed by atoms with Crippen molar-refractivity contribution in [1.82, 2.24) is 4.90 Å². The van der Waals surface area contributed by atoms with Crippen molar-refractivity contribution in [2.75, 3.05) is 32.7 Å². The van der Waals surface area contributed by atoms with Gasteiger partial charge in [0.1, 0.15) is 19.4 Å². The number of methoxy groups -OCH3 is 1. The van der Waals surface area contributed by atoms with Gasteiger partial charge >= 0.3 is 0 Å². The summed E-state index contributed by atoms with van der Waals surface area (Å²) >= 11 is 0. The van der Waals surface area contributed by atoms with Crippen molar-refractivity contribution in [3.8, 4) is 17.2 Å². The number of hydrogen-bond acceptors (Lipinski definition) is 5. The first-order valence-electron chi connectivity index (χ1n) is 7.79. The molecule has 2 aliphatic rings. The zero-order chi connectivity index (χ0) is 16.7. The normalized spacial score (nSPS) is 18.7. The molecule has 0 aliphatic carbocycles. The van der Waals surface area contributed by atoms with Gasteiger partial charge in [0.05, 0.1) is 12.7 Å². The summed E-state index contributed by atoms with van der Waals surface area (Å²) in [5.74, 6) is 1.82. The standard InChI is InChI=1S/C18H18N2O4/c1-20-17(19-13-6-4-3-5-12(13)18(20)21)11-9-14(22-2)16-15(10-11)23-7-8-24-16/h3-6,9-10,17,19H,7-8H2,1-2H3/t17-/m0/s1. The van der Waals surface area contributed by atoms with Gasteiger partial charge in [-0.1, -0.05) is 12.1 Å². The minimum atomic E-state index is -0.308. The number of amides is 1. The molecule has 0 saturated carbocycles. The van der Waals surface area contributed by atoms with Crippen molar-refractivity contribution in [3.63, 3.8) is 0 Å². The molecular formula is C18H18N2O4. The lowest BCUT2D eigenvalue weighted by molar-refractivity contribution is 0.0734. The zero-order valence-corrected chi connectivity index (χ0v) is 13.5. The average molecular weight is 326 g/mol. The second-order valence-electron chi connectivity index (χ2n) is 5.76. The summed E-state index contributed by atoms with van der Waals surface area (Å²) in [6.45, 7) is 0.992. The maximum absolute atomic E-state index is 12.6. The number of ether oxygens (including phenoxy) is 3. The first kappa shape index (κ1) is 14.7. The molecule has 0 bridgehead atoms. The van der Waals surface area contributed by atoms with Crippen molar-refractivity contribution >= 4 is 11.6 Å². The topological polar surface area (TPSA) is 60.0 Å². The van der Waals surface area contributed by atoms with Crippen molar-refractivity contribution in [2.45, 2.75) is 6.17 Å². The van der Waals surface area contributed by atoms with Gasteiger partial charge in [0.15, 0.2) is 11.5 Å². The minimum absolute atomic E-state index is 0.0248. The minimum Gasteiger partial charge on any atom is -0.493 e. The van der Waals surface area contributed by atoms with Crippen LogP contribution >= 0.6 is 0 Å². The third-order valence-corrected chi connectivity index (χ3v) is 4.32. The van der Waals surface area contributed by atoms with E-state index in [4.69, 9.17) is 14.2 Å². The molecule has 1 amide bonds. The Bertz CT molecular complexity index is 788. The molecular weight excluding hydrogens is 308 g/mol. The van der Waals surface area contributed by atoms with E-state index in [-0.39, 0.29) is 12.1 Å². The van der Waals surface area contributed by atoms with Crippen LogP contribution in [0, 0.1) is 0 Å². The fraction of sp³-hybridized carbons (Fsp3) is 0.278. The number of nitrogens with one attached hydrogen (secondary N) is 1. The van der Waals surface area contributed by atoms with Crippen molar-refractivity contribution < 1.29 is 19.0 Å². The van der Waals surface area contributed by atoms with Crippen molar-refractivity contribution in [3.05, 3.63) is 47.5 Å². The Morgan fingerprint density at radius 3 is 2.83 bits per heavy atom. The number of carbonyl (C=O) groups is 1. The quantitative estimate of drug-likeness (QED) is 0.919. The lowest BCUT2D eigenvalue weighted by Crippen LogP contribution is -2.40. The summed E-state index contributed by atoms with van der Waals surface area (Å²) in [6, 6.07) is 11.3. The lowest BCUT2D eigenvalue weighted by Gasteiger charge is -2.36. The first-order valence-corrected chi connectivity index (χ1v) is 7.79. The fourth-order valence-corrected chi connectivity index (χ4v) is 3.11. The van der Waals surface area contributed by atoms with Crippen LogP contribution in [0.3, 0.4) is 0 Å². The highest BCUT2D eigenvalue weighted by atomic mass is 16.6. The van der Waals surface area contributed by atoms with Crippen LogP contribution in [0.4, 0.5) is 5.69 Å². The number of carbonyl (C=O) groups excluding carboxylic acids is 1. The van der Waals surface area contributed by atoms with Crippen LogP contribution in [0.5, 0.6) is 17.2 Å². The van der Waals surface area contributed by atoms with Crippen LogP contribution < -0.4 is 19.5 Å². The molecule has 0 aromatic heterocycles. The Hall–Kier alpha value is -2.89. The monoisotopic (exact) mass is 326 g/mol. The maximum Gasteiger partial charge on any atom is 0.257 e. The highest BCUT2D eigenvalue weighted by Gasteiger charge is 2.31. The molecule has 2 aliphatic heterocycles. The summed E-state index contributed by atoms with van der Waals surface area (Å²) < 4.78 is 16.8. The molecule has 6 heteroatoms. The van der Waals surface area contributed by atoms with Gasteiger partial charge in [-0.15, -0.1) is 0 Å². The summed E-state index contributed by atoms with van der Waals surface area (Å²) in [5.41, 5.74) is 2.36. The van der Waals surface area contributed by atoms with E-state index in [0.29, 0.717) is 36.0 Å². The molecule has 0 unspecified atom stereocenters. The Morgan fingerprint density at radius 1 is 1.21 bits per heavy atom. The highest BCUT2D eigenvalue weighted by Crippen LogP contribution is 2.43. The van der Waals surface area contributed by atoms with E-state index in [2.05, 4.69) is 5.32 Å². The molecule has 1 atom stereocenters. The van der Waals surface area contributed by atoms with Gasteiger partial charge in [0.2, 0.25) is 5.75 Å². The van der Waals surface area contributed by atoms with E-state index in [0.717, 1.165) is 11.3 Å². The number of fused-ring (bicyclic) bond motifs is 2. The largest absolute Gasteiger partial charge is 0.493 e. The van der Waals surface area contributed by atoms with Crippen LogP contribution in [0.2, 0.25) is 0 Å². The summed E-state index contributed by atoms with van der Waals surface area (Å²) in [7, 11) is 3.37. The Morgan fingerprint density at radius 2 is 2.00 bits per heavy atom. The number of anilines is 1. The van der Waals surface area contributed by atoms with E-state index >= 15 is 0 Å². The maximum atomic E-state index is 12.6. The molecule has 1 N–H and O–H groups in total. The van der Waals surface area contributed by atoms with Gasteiger partial charge in [0.25, 0.3) is 5.91 Å². The molecule has 2 aromatic carbocycles. The fourth-order valence-electron chi connectivity index (χ4n) is 3.11. The SMILES string of the molecule is COc1cc([C@H]2Nc3ccccc3C(=O)N2C)cc2c1OCCO2. The highest BCUT2D eigenvalue weighted by molar-refractivity contribution is 6.01. The van der Waals surface area contributed by atoms with E-state index < -0.39 is 0 Å². The molecule has 24 heavy (non-hydrogen) atoms. The lowest BCUT2D eigenvalue weighted by atomic mass is 10.0. The number of benzene rings is 2. The van der Waals surface area contributed by atoms with Gasteiger partial charge in [0, 0.05) is 18.3 Å². The van der Waals surface area contributed by atoms with Crippen molar-refractivity contribution in [1.29, 1.82) is 0 Å². The van der Waals surface area contributed by atoms with Crippen LogP contribution in [0.15, 0.2) is 36.4 Å². The van der Waals surface area contributed by atoms with Crippen LogP contribution in [-0.2, 0) is 0 Å². The molecule has 4 rings (SSSR count).